The van der Waals surface area contributed by atoms with E-state index in [-0.39, 0.29) is 19.0 Å². The molecule has 2 amide bonds. The van der Waals surface area contributed by atoms with Crippen LogP contribution in [0.15, 0.2) is 0 Å². The van der Waals surface area contributed by atoms with Gasteiger partial charge in [-0.15, -0.1) is 0 Å². The quantitative estimate of drug-likeness (QED) is 0.461. The minimum absolute atomic E-state index is 0.00136. The molecule has 0 aliphatic heterocycles. The number of hydrogen-bond acceptors (Lipinski definition) is 4. The predicted molar refractivity (Wildman–Crippen MR) is 51.4 cm³/mol. The van der Waals surface area contributed by atoms with Gasteiger partial charge in [0.2, 0.25) is 11.8 Å². The molecule has 0 heterocycles. The van der Waals surface area contributed by atoms with Crippen LogP contribution in [-0.4, -0.2) is 54.6 Å². The SMILES string of the molecule is CCN(C)C(=O)CNCC(O)C(N)=O. The zero-order valence-electron chi connectivity index (χ0n) is 8.49. The molecule has 0 aliphatic rings. The van der Waals surface area contributed by atoms with E-state index in [4.69, 9.17) is 10.8 Å². The van der Waals surface area contributed by atoms with Crippen molar-refractivity contribution < 1.29 is 14.7 Å². The van der Waals surface area contributed by atoms with Crippen molar-refractivity contribution in [2.75, 3.05) is 26.7 Å². The van der Waals surface area contributed by atoms with E-state index < -0.39 is 12.0 Å². The third kappa shape index (κ3) is 4.78. The van der Waals surface area contributed by atoms with E-state index in [1.165, 1.54) is 4.90 Å². The fourth-order valence-electron chi connectivity index (χ4n) is 0.728. The van der Waals surface area contributed by atoms with E-state index in [9.17, 15) is 9.59 Å². The van der Waals surface area contributed by atoms with Gasteiger partial charge in [0.25, 0.3) is 0 Å². The number of likely N-dealkylation sites (N-methyl/N-ethyl adjacent to an activating group) is 1. The van der Waals surface area contributed by atoms with Crippen molar-refractivity contribution in [1.82, 2.24) is 10.2 Å². The number of amides is 2. The van der Waals surface area contributed by atoms with Crippen LogP contribution in [0.3, 0.4) is 0 Å². The smallest absolute Gasteiger partial charge is 0.247 e. The molecule has 0 spiro atoms. The Hall–Kier alpha value is -1.14. The summed E-state index contributed by atoms with van der Waals surface area (Å²) in [6.45, 7) is 2.57. The standard InChI is InChI=1S/C8H17N3O3/c1-3-11(2)7(13)5-10-4-6(12)8(9)14/h6,10,12H,3-5H2,1-2H3,(H2,9,14). The molecule has 0 aliphatic carbocycles. The number of primary amides is 1. The molecular formula is C8H17N3O3. The number of aliphatic hydroxyl groups is 1. The Morgan fingerprint density at radius 3 is 2.57 bits per heavy atom. The topological polar surface area (TPSA) is 95.7 Å². The van der Waals surface area contributed by atoms with E-state index in [1.807, 2.05) is 6.92 Å². The van der Waals surface area contributed by atoms with Crippen molar-refractivity contribution in [2.24, 2.45) is 5.73 Å². The van der Waals surface area contributed by atoms with Crippen molar-refractivity contribution in [3.05, 3.63) is 0 Å². The molecule has 0 saturated heterocycles. The largest absolute Gasteiger partial charge is 0.382 e. The molecule has 6 nitrogen and oxygen atoms in total. The number of hydrogen-bond donors (Lipinski definition) is 3. The molecule has 6 heteroatoms. The highest BCUT2D eigenvalue weighted by molar-refractivity contribution is 5.79. The van der Waals surface area contributed by atoms with E-state index in [2.05, 4.69) is 5.32 Å². The van der Waals surface area contributed by atoms with Crippen LogP contribution in [0.1, 0.15) is 6.92 Å². The van der Waals surface area contributed by atoms with Gasteiger partial charge in [0.15, 0.2) is 0 Å². The minimum atomic E-state index is -1.24. The summed E-state index contributed by atoms with van der Waals surface area (Å²) < 4.78 is 0. The fraction of sp³-hybridized carbons (Fsp3) is 0.750. The zero-order valence-corrected chi connectivity index (χ0v) is 8.49. The van der Waals surface area contributed by atoms with Gasteiger partial charge in [-0.25, -0.2) is 0 Å². The van der Waals surface area contributed by atoms with E-state index in [0.717, 1.165) is 0 Å². The van der Waals surface area contributed by atoms with Gasteiger partial charge >= 0.3 is 0 Å². The molecule has 0 fully saturated rings. The third-order valence-electron chi connectivity index (χ3n) is 1.84. The lowest BCUT2D eigenvalue weighted by atomic mass is 10.3. The Morgan fingerprint density at radius 2 is 2.14 bits per heavy atom. The highest BCUT2D eigenvalue weighted by Crippen LogP contribution is 1.82. The Kier molecular flexibility index (Phi) is 5.82. The van der Waals surface area contributed by atoms with Crippen LogP contribution in [0.4, 0.5) is 0 Å². The van der Waals surface area contributed by atoms with E-state index >= 15 is 0 Å². The second kappa shape index (κ2) is 6.33. The van der Waals surface area contributed by atoms with Crippen LogP contribution in [0.5, 0.6) is 0 Å². The summed E-state index contributed by atoms with van der Waals surface area (Å²) in [5, 5.41) is 11.6. The molecule has 0 saturated carbocycles. The van der Waals surface area contributed by atoms with Gasteiger partial charge in [0.05, 0.1) is 6.54 Å². The molecule has 0 aromatic rings. The summed E-state index contributed by atoms with van der Waals surface area (Å²) >= 11 is 0. The van der Waals surface area contributed by atoms with Crippen LogP contribution < -0.4 is 11.1 Å². The van der Waals surface area contributed by atoms with Crippen LogP contribution in [0.25, 0.3) is 0 Å². The molecular weight excluding hydrogens is 186 g/mol. The number of nitrogens with two attached hydrogens (primary N) is 1. The summed E-state index contributed by atoms with van der Waals surface area (Å²) in [4.78, 5) is 23.1. The second-order valence-electron chi connectivity index (χ2n) is 2.96. The second-order valence-corrected chi connectivity index (χ2v) is 2.96. The van der Waals surface area contributed by atoms with Crippen molar-refractivity contribution in [3.8, 4) is 0 Å². The molecule has 0 radical (unpaired) electrons. The van der Waals surface area contributed by atoms with Crippen LogP contribution in [0.2, 0.25) is 0 Å². The van der Waals surface area contributed by atoms with Gasteiger partial charge in [-0.2, -0.15) is 0 Å². The average Bonchev–Trinajstić information content (AvgIpc) is 2.15. The van der Waals surface area contributed by atoms with Crippen molar-refractivity contribution in [3.63, 3.8) is 0 Å². The monoisotopic (exact) mass is 203 g/mol. The number of carbonyl (C=O) groups excluding carboxylic acids is 2. The third-order valence-corrected chi connectivity index (χ3v) is 1.84. The van der Waals surface area contributed by atoms with Gasteiger partial charge in [-0.3, -0.25) is 9.59 Å². The summed E-state index contributed by atoms with van der Waals surface area (Å²) in [7, 11) is 1.68. The van der Waals surface area contributed by atoms with Crippen molar-refractivity contribution in [2.45, 2.75) is 13.0 Å². The van der Waals surface area contributed by atoms with Crippen molar-refractivity contribution >= 4 is 11.8 Å². The highest BCUT2D eigenvalue weighted by atomic mass is 16.3. The van der Waals surface area contributed by atoms with Gasteiger partial charge in [-0.1, -0.05) is 0 Å². The fourth-order valence-corrected chi connectivity index (χ4v) is 0.728. The van der Waals surface area contributed by atoms with Gasteiger partial charge in [0, 0.05) is 20.1 Å². The van der Waals surface area contributed by atoms with Crippen LogP contribution in [0, 0.1) is 0 Å². The lowest BCUT2D eigenvalue weighted by molar-refractivity contribution is -0.130. The molecule has 0 bridgehead atoms. The summed E-state index contributed by atoms with van der Waals surface area (Å²) in [6, 6.07) is 0. The predicted octanol–water partition coefficient (Wildman–Crippen LogP) is -2.10. The molecule has 4 N–H and O–H groups in total. The zero-order chi connectivity index (χ0) is 11.1. The normalized spacial score (nSPS) is 12.2. The first kappa shape index (κ1) is 12.9. The van der Waals surface area contributed by atoms with Gasteiger partial charge < -0.3 is 21.1 Å². The van der Waals surface area contributed by atoms with E-state index in [1.54, 1.807) is 7.05 Å². The Bertz CT molecular complexity index is 208. The number of nitrogens with zero attached hydrogens (tertiary/aromatic N) is 1. The average molecular weight is 203 g/mol. The van der Waals surface area contributed by atoms with Crippen LogP contribution >= 0.6 is 0 Å². The first-order valence-electron chi connectivity index (χ1n) is 4.41. The Morgan fingerprint density at radius 1 is 1.57 bits per heavy atom. The van der Waals surface area contributed by atoms with Crippen molar-refractivity contribution in [1.29, 1.82) is 0 Å². The maximum absolute atomic E-state index is 11.2. The Balaban J connectivity index is 3.64. The lowest BCUT2D eigenvalue weighted by Gasteiger charge is -2.15. The highest BCUT2D eigenvalue weighted by Gasteiger charge is 2.11. The molecule has 0 aromatic heterocycles. The maximum atomic E-state index is 11.2. The van der Waals surface area contributed by atoms with Gasteiger partial charge in [-0.05, 0) is 6.92 Å². The summed E-state index contributed by atoms with van der Waals surface area (Å²) in [6.07, 6.45) is -1.24. The lowest BCUT2D eigenvalue weighted by Crippen LogP contribution is -2.42. The molecule has 1 atom stereocenters. The number of rotatable bonds is 6. The van der Waals surface area contributed by atoms with E-state index in [0.29, 0.717) is 6.54 Å². The minimum Gasteiger partial charge on any atom is -0.382 e. The van der Waals surface area contributed by atoms with Crippen LogP contribution in [-0.2, 0) is 9.59 Å². The van der Waals surface area contributed by atoms with Gasteiger partial charge in [0.1, 0.15) is 6.10 Å². The summed E-state index contributed by atoms with van der Waals surface area (Å²) in [5.41, 5.74) is 4.81. The number of carbonyl (C=O) groups is 2. The first-order valence-corrected chi connectivity index (χ1v) is 4.41. The Labute approximate surface area is 83.1 Å². The number of aliphatic hydroxyl groups excluding tert-OH is 1. The summed E-state index contributed by atoms with van der Waals surface area (Å²) in [5.74, 6) is -0.891. The number of nitrogens with one attached hydrogen (secondary N) is 1. The molecule has 0 rings (SSSR count). The molecule has 14 heavy (non-hydrogen) atoms. The molecule has 0 aromatic carbocycles. The first-order chi connectivity index (χ1) is 6.49. The maximum Gasteiger partial charge on any atom is 0.247 e. The molecule has 1 unspecified atom stereocenters. The molecule has 82 valence electrons.